The van der Waals surface area contributed by atoms with E-state index in [1.807, 2.05) is 0 Å². The number of benzene rings is 3. The number of anilines is 1. The minimum absolute atomic E-state index is 0.0348. The normalized spacial score (nSPS) is 16.3. The Morgan fingerprint density at radius 1 is 1.14 bits per heavy atom. The lowest BCUT2D eigenvalue weighted by atomic mass is 10.0. The van der Waals surface area contributed by atoms with Gasteiger partial charge in [-0.1, -0.05) is 18.2 Å². The van der Waals surface area contributed by atoms with E-state index in [1.54, 1.807) is 19.1 Å². The third kappa shape index (κ3) is 5.13. The minimum atomic E-state index is -4.10. The van der Waals surface area contributed by atoms with Crippen LogP contribution in [-0.4, -0.2) is 43.4 Å². The minimum Gasteiger partial charge on any atom is -0.486 e. The summed E-state index contributed by atoms with van der Waals surface area (Å²) in [6, 6.07) is 13.7. The van der Waals surface area contributed by atoms with Gasteiger partial charge in [-0.15, -0.1) is 0 Å². The zero-order chi connectivity index (χ0) is 25.3. The Balaban J connectivity index is 1.78. The molecule has 0 spiro atoms. The highest BCUT2D eigenvalue weighted by molar-refractivity contribution is 7.92. The first-order valence-electron chi connectivity index (χ1n) is 10.8. The third-order valence-electron chi connectivity index (χ3n) is 5.75. The molecule has 0 fully saturated rings. The first kappa shape index (κ1) is 24.6. The number of sulfonamides is 1. The summed E-state index contributed by atoms with van der Waals surface area (Å²) in [5.74, 6) is -2.51. The van der Waals surface area contributed by atoms with Crippen molar-refractivity contribution in [1.29, 1.82) is 0 Å². The number of halogens is 2. The SMILES string of the molecule is Cc1cccc(S(=O)(=O)N2C[C@H](CC[C@@H](O)C(=O)O)Oc3ccc(-c4cc(F)ccc4F)cc32)c1. The van der Waals surface area contributed by atoms with Crippen molar-refractivity contribution in [2.45, 2.75) is 36.9 Å². The van der Waals surface area contributed by atoms with Crippen LogP contribution >= 0.6 is 0 Å². The Bertz CT molecular complexity index is 1380. The smallest absolute Gasteiger partial charge is 0.332 e. The van der Waals surface area contributed by atoms with E-state index < -0.39 is 39.8 Å². The number of hydrogen-bond donors (Lipinski definition) is 2. The molecule has 0 bridgehead atoms. The molecule has 3 aromatic rings. The summed E-state index contributed by atoms with van der Waals surface area (Å²) in [6.45, 7) is 1.60. The van der Waals surface area contributed by atoms with E-state index in [0.717, 1.165) is 28.1 Å². The molecule has 1 aliphatic heterocycles. The summed E-state index contributed by atoms with van der Waals surface area (Å²) >= 11 is 0. The van der Waals surface area contributed by atoms with Crippen molar-refractivity contribution in [3.8, 4) is 16.9 Å². The molecule has 1 aliphatic rings. The van der Waals surface area contributed by atoms with Gasteiger partial charge in [0.1, 0.15) is 23.5 Å². The Kier molecular flexibility index (Phi) is 6.77. The molecule has 184 valence electrons. The average Bonchev–Trinajstić information content (AvgIpc) is 2.83. The van der Waals surface area contributed by atoms with Crippen LogP contribution in [0.3, 0.4) is 0 Å². The van der Waals surface area contributed by atoms with Crippen LogP contribution in [0.4, 0.5) is 14.5 Å². The lowest BCUT2D eigenvalue weighted by Gasteiger charge is -2.36. The summed E-state index contributed by atoms with van der Waals surface area (Å²) in [6.07, 6.45) is -2.42. The molecule has 3 aromatic carbocycles. The van der Waals surface area contributed by atoms with Gasteiger partial charge < -0.3 is 14.9 Å². The molecule has 0 radical (unpaired) electrons. The Morgan fingerprint density at radius 2 is 1.91 bits per heavy atom. The van der Waals surface area contributed by atoms with Crippen LogP contribution in [0.1, 0.15) is 18.4 Å². The highest BCUT2D eigenvalue weighted by atomic mass is 32.2. The summed E-state index contributed by atoms with van der Waals surface area (Å²) < 4.78 is 62.6. The van der Waals surface area contributed by atoms with Crippen molar-refractivity contribution >= 4 is 21.7 Å². The maximum absolute atomic E-state index is 14.4. The largest absolute Gasteiger partial charge is 0.486 e. The molecule has 35 heavy (non-hydrogen) atoms. The highest BCUT2D eigenvalue weighted by Gasteiger charge is 2.35. The predicted molar refractivity (Wildman–Crippen MR) is 125 cm³/mol. The van der Waals surface area contributed by atoms with Crippen LogP contribution in [0, 0.1) is 18.6 Å². The van der Waals surface area contributed by atoms with Gasteiger partial charge in [0.15, 0.2) is 6.10 Å². The molecule has 0 unspecified atom stereocenters. The standard InChI is InChI=1S/C25H23F2NO6S/c1-15-3-2-4-19(11-15)35(32,33)28-14-18(7-9-23(29)25(30)31)34-24-10-5-16(12-22(24)28)20-13-17(26)6-8-21(20)27/h2-6,8,10-13,18,23,29H,7,9,14H2,1H3,(H,30,31)/t18-,23+/m0/s1. The number of aliphatic hydroxyl groups is 1. The van der Waals surface area contributed by atoms with Crippen LogP contribution in [0.5, 0.6) is 5.75 Å². The van der Waals surface area contributed by atoms with Crippen LogP contribution in [0.15, 0.2) is 65.6 Å². The van der Waals surface area contributed by atoms with E-state index in [1.165, 1.54) is 30.3 Å². The number of ether oxygens (including phenoxy) is 1. The lowest BCUT2D eigenvalue weighted by Crippen LogP contribution is -2.44. The first-order valence-corrected chi connectivity index (χ1v) is 12.3. The van der Waals surface area contributed by atoms with Gasteiger partial charge in [0.2, 0.25) is 0 Å². The van der Waals surface area contributed by atoms with Gasteiger partial charge in [0.25, 0.3) is 10.0 Å². The molecule has 0 amide bonds. The maximum Gasteiger partial charge on any atom is 0.332 e. The summed E-state index contributed by atoms with van der Waals surface area (Å²) in [7, 11) is -4.10. The first-order chi connectivity index (χ1) is 16.6. The van der Waals surface area contributed by atoms with Gasteiger partial charge in [-0.05, 0) is 73.4 Å². The predicted octanol–water partition coefficient (Wildman–Crippen LogP) is 4.12. The fourth-order valence-corrected chi connectivity index (χ4v) is 5.55. The van der Waals surface area contributed by atoms with E-state index in [0.29, 0.717) is 0 Å². The lowest BCUT2D eigenvalue weighted by molar-refractivity contribution is -0.147. The quantitative estimate of drug-likeness (QED) is 0.503. The number of rotatable bonds is 7. The summed E-state index contributed by atoms with van der Waals surface area (Å²) in [4.78, 5) is 11.0. The number of aliphatic carboxylic acids is 1. The highest BCUT2D eigenvalue weighted by Crippen LogP contribution is 2.41. The third-order valence-corrected chi connectivity index (χ3v) is 7.53. The van der Waals surface area contributed by atoms with Crippen LogP contribution in [0.2, 0.25) is 0 Å². The van der Waals surface area contributed by atoms with Gasteiger partial charge in [-0.25, -0.2) is 22.0 Å². The van der Waals surface area contributed by atoms with Crippen molar-refractivity contribution in [1.82, 2.24) is 0 Å². The molecule has 1 heterocycles. The fraction of sp³-hybridized carbons (Fsp3) is 0.240. The molecular formula is C25H23F2NO6S. The van der Waals surface area contributed by atoms with Crippen molar-refractivity contribution < 1.29 is 36.9 Å². The molecule has 10 heteroatoms. The molecule has 0 aliphatic carbocycles. The second-order valence-corrected chi connectivity index (χ2v) is 10.2. The fourth-order valence-electron chi connectivity index (χ4n) is 3.95. The number of hydrogen-bond acceptors (Lipinski definition) is 5. The number of carboxylic acid groups (broad SMARTS) is 1. The molecule has 2 N–H and O–H groups in total. The Hall–Kier alpha value is -3.50. The van der Waals surface area contributed by atoms with Crippen molar-refractivity contribution in [2.75, 3.05) is 10.8 Å². The van der Waals surface area contributed by atoms with Gasteiger partial charge >= 0.3 is 5.97 Å². The molecular weight excluding hydrogens is 480 g/mol. The number of aliphatic hydroxyl groups excluding tert-OH is 1. The topological polar surface area (TPSA) is 104 Å². The zero-order valence-electron chi connectivity index (χ0n) is 18.7. The number of carbonyl (C=O) groups is 1. The number of aryl methyl sites for hydroxylation is 1. The van der Waals surface area contributed by atoms with Gasteiger partial charge in [0.05, 0.1) is 17.1 Å². The summed E-state index contributed by atoms with van der Waals surface area (Å²) in [5, 5.41) is 18.6. The molecule has 7 nitrogen and oxygen atoms in total. The Morgan fingerprint density at radius 3 is 2.63 bits per heavy atom. The van der Waals surface area contributed by atoms with Gasteiger partial charge in [-0.3, -0.25) is 4.31 Å². The van der Waals surface area contributed by atoms with Crippen molar-refractivity contribution in [2.24, 2.45) is 0 Å². The number of nitrogens with zero attached hydrogens (tertiary/aromatic N) is 1. The van der Waals surface area contributed by atoms with Gasteiger partial charge in [0, 0.05) is 5.56 Å². The average molecular weight is 504 g/mol. The zero-order valence-corrected chi connectivity index (χ0v) is 19.5. The molecule has 0 saturated heterocycles. The molecule has 2 atom stereocenters. The second-order valence-electron chi connectivity index (χ2n) is 8.33. The number of fused-ring (bicyclic) bond motifs is 1. The maximum atomic E-state index is 14.4. The summed E-state index contributed by atoms with van der Waals surface area (Å²) in [5.41, 5.74) is 1.10. The van der Waals surface area contributed by atoms with E-state index in [2.05, 4.69) is 0 Å². The Labute approximate surface area is 201 Å². The monoisotopic (exact) mass is 503 g/mol. The van der Waals surface area contributed by atoms with Crippen LogP contribution < -0.4 is 9.04 Å². The molecule has 0 aromatic heterocycles. The van der Waals surface area contributed by atoms with E-state index >= 15 is 0 Å². The van der Waals surface area contributed by atoms with Crippen LogP contribution in [-0.2, 0) is 14.8 Å². The number of carboxylic acids is 1. The van der Waals surface area contributed by atoms with E-state index in [9.17, 15) is 27.1 Å². The van der Waals surface area contributed by atoms with E-state index in [-0.39, 0.29) is 46.8 Å². The van der Waals surface area contributed by atoms with Gasteiger partial charge in [-0.2, -0.15) is 0 Å². The molecule has 4 rings (SSSR count). The van der Waals surface area contributed by atoms with Crippen molar-refractivity contribution in [3.05, 3.63) is 77.9 Å². The van der Waals surface area contributed by atoms with Crippen LogP contribution in [0.25, 0.3) is 11.1 Å². The van der Waals surface area contributed by atoms with Crippen molar-refractivity contribution in [3.63, 3.8) is 0 Å². The molecule has 0 saturated carbocycles. The van der Waals surface area contributed by atoms with E-state index in [4.69, 9.17) is 9.84 Å². The second kappa shape index (κ2) is 9.63.